The maximum atomic E-state index is 12.4. The maximum Gasteiger partial charge on any atom is 0.255 e. The van der Waals surface area contributed by atoms with Crippen molar-refractivity contribution in [2.24, 2.45) is 0 Å². The van der Waals surface area contributed by atoms with E-state index in [4.69, 9.17) is 27.3 Å². The molecule has 19 heavy (non-hydrogen) atoms. The fourth-order valence-corrected chi connectivity index (χ4v) is 1.78. The average molecular weight is 282 g/mol. The summed E-state index contributed by atoms with van der Waals surface area (Å²) in [6, 6.07) is 6.77. The first-order valence-corrected chi connectivity index (χ1v) is 6.18. The minimum atomic E-state index is -0.246. The second-order valence-electron chi connectivity index (χ2n) is 3.93. The highest BCUT2D eigenvalue weighted by molar-refractivity contribution is 6.34. The molecular weight excluding hydrogens is 266 g/mol. The second kappa shape index (κ2) is 7.62. The molecule has 0 aliphatic carbocycles. The number of hydrogen-bond donors (Lipinski definition) is 1. The number of benzene rings is 1. The number of nitrogens with zero attached hydrogens (tertiary/aromatic N) is 2. The summed E-state index contributed by atoms with van der Waals surface area (Å²) in [5.74, 6) is -0.246. The first-order chi connectivity index (χ1) is 9.10. The third kappa shape index (κ3) is 4.43. The molecule has 0 saturated heterocycles. The van der Waals surface area contributed by atoms with Gasteiger partial charge in [-0.1, -0.05) is 11.6 Å². The van der Waals surface area contributed by atoms with E-state index in [0.29, 0.717) is 36.0 Å². The molecule has 1 rings (SSSR count). The van der Waals surface area contributed by atoms with Gasteiger partial charge in [-0.2, -0.15) is 5.26 Å². The van der Waals surface area contributed by atoms with Gasteiger partial charge >= 0.3 is 0 Å². The number of carbonyl (C=O) groups excluding carboxylic acids is 1. The Bertz CT molecular complexity index is 485. The Balaban J connectivity index is 2.91. The van der Waals surface area contributed by atoms with Gasteiger partial charge in [0, 0.05) is 25.9 Å². The van der Waals surface area contributed by atoms with Crippen molar-refractivity contribution in [2.75, 3.05) is 32.5 Å². The molecular formula is C13H16ClN3O2. The molecule has 0 saturated carbocycles. The summed E-state index contributed by atoms with van der Waals surface area (Å²) in [6.07, 6.45) is 0.259. The van der Waals surface area contributed by atoms with Gasteiger partial charge < -0.3 is 15.4 Å². The van der Waals surface area contributed by atoms with E-state index in [9.17, 15) is 4.79 Å². The Labute approximate surface area is 117 Å². The van der Waals surface area contributed by atoms with Gasteiger partial charge in [-0.25, -0.2) is 0 Å². The van der Waals surface area contributed by atoms with E-state index in [1.165, 1.54) is 11.0 Å². The molecule has 0 heterocycles. The Kier molecular flexibility index (Phi) is 6.13. The number of amides is 1. The highest BCUT2D eigenvalue weighted by Gasteiger charge is 2.18. The number of rotatable bonds is 6. The maximum absolute atomic E-state index is 12.4. The van der Waals surface area contributed by atoms with Crippen LogP contribution in [0.25, 0.3) is 0 Å². The Hall–Kier alpha value is -1.77. The van der Waals surface area contributed by atoms with Crippen molar-refractivity contribution in [1.29, 1.82) is 5.26 Å². The number of nitrogens with two attached hydrogens (primary N) is 1. The molecule has 2 N–H and O–H groups in total. The number of carbonyl (C=O) groups is 1. The molecule has 6 heteroatoms. The van der Waals surface area contributed by atoms with Gasteiger partial charge in [0.2, 0.25) is 0 Å². The van der Waals surface area contributed by atoms with Gasteiger partial charge in [0.15, 0.2) is 0 Å². The molecule has 0 unspecified atom stereocenters. The topological polar surface area (TPSA) is 79.3 Å². The summed E-state index contributed by atoms with van der Waals surface area (Å²) < 4.78 is 4.96. The zero-order valence-electron chi connectivity index (χ0n) is 10.7. The molecule has 1 aromatic rings. The van der Waals surface area contributed by atoms with Crippen molar-refractivity contribution in [1.82, 2.24) is 4.90 Å². The van der Waals surface area contributed by atoms with Gasteiger partial charge in [0.05, 0.1) is 29.7 Å². The molecule has 0 spiro atoms. The van der Waals surface area contributed by atoms with Gasteiger partial charge in [-0.15, -0.1) is 0 Å². The van der Waals surface area contributed by atoms with E-state index >= 15 is 0 Å². The van der Waals surface area contributed by atoms with E-state index in [-0.39, 0.29) is 12.3 Å². The van der Waals surface area contributed by atoms with E-state index in [1.807, 2.05) is 6.07 Å². The third-order valence-electron chi connectivity index (χ3n) is 2.57. The summed E-state index contributed by atoms with van der Waals surface area (Å²) in [6.45, 7) is 1.14. The van der Waals surface area contributed by atoms with Crippen LogP contribution in [0.5, 0.6) is 0 Å². The van der Waals surface area contributed by atoms with Crippen LogP contribution in [0.4, 0.5) is 5.69 Å². The second-order valence-corrected chi connectivity index (χ2v) is 4.34. The van der Waals surface area contributed by atoms with Gasteiger partial charge in [-0.05, 0) is 18.2 Å². The number of halogens is 1. The highest BCUT2D eigenvalue weighted by Crippen LogP contribution is 2.20. The number of nitrogen functional groups attached to an aromatic ring is 1. The number of methoxy groups -OCH3 is 1. The van der Waals surface area contributed by atoms with Crippen LogP contribution >= 0.6 is 11.6 Å². The van der Waals surface area contributed by atoms with Crippen LogP contribution in [0, 0.1) is 11.3 Å². The summed E-state index contributed by atoms with van der Waals surface area (Å²) in [5, 5.41) is 8.97. The molecule has 1 aromatic carbocycles. The highest BCUT2D eigenvalue weighted by atomic mass is 35.5. The fraction of sp³-hybridized carbons (Fsp3) is 0.385. The number of ether oxygens (including phenoxy) is 1. The van der Waals surface area contributed by atoms with Crippen LogP contribution in [0.2, 0.25) is 5.02 Å². The molecule has 0 radical (unpaired) electrons. The first kappa shape index (κ1) is 15.3. The van der Waals surface area contributed by atoms with Crippen molar-refractivity contribution in [3.8, 4) is 6.07 Å². The van der Waals surface area contributed by atoms with Gasteiger partial charge in [-0.3, -0.25) is 4.79 Å². The van der Waals surface area contributed by atoms with Crippen LogP contribution in [-0.2, 0) is 4.74 Å². The van der Waals surface area contributed by atoms with E-state index in [2.05, 4.69) is 0 Å². The lowest BCUT2D eigenvalue weighted by atomic mass is 10.1. The molecule has 0 fully saturated rings. The minimum absolute atomic E-state index is 0.246. The van der Waals surface area contributed by atoms with Crippen molar-refractivity contribution in [3.05, 3.63) is 28.8 Å². The van der Waals surface area contributed by atoms with Crippen molar-refractivity contribution in [3.63, 3.8) is 0 Å². The molecule has 0 atom stereocenters. The first-order valence-electron chi connectivity index (χ1n) is 5.80. The normalized spacial score (nSPS) is 9.95. The van der Waals surface area contributed by atoms with Crippen LogP contribution < -0.4 is 5.73 Å². The molecule has 0 aliphatic heterocycles. The Morgan fingerprint density at radius 3 is 2.89 bits per heavy atom. The van der Waals surface area contributed by atoms with Gasteiger partial charge in [0.1, 0.15) is 0 Å². The lowest BCUT2D eigenvalue weighted by molar-refractivity contribution is 0.0700. The van der Waals surface area contributed by atoms with Crippen molar-refractivity contribution < 1.29 is 9.53 Å². The number of hydrogen-bond acceptors (Lipinski definition) is 4. The fourth-order valence-electron chi connectivity index (χ4n) is 1.58. The summed E-state index contributed by atoms with van der Waals surface area (Å²) in [5.41, 5.74) is 6.47. The molecule has 0 aliphatic rings. The molecule has 0 bridgehead atoms. The SMILES string of the molecule is COCCN(CCC#N)C(=O)c1cc(N)ccc1Cl. The third-order valence-corrected chi connectivity index (χ3v) is 2.90. The zero-order chi connectivity index (χ0) is 14.3. The summed E-state index contributed by atoms with van der Waals surface area (Å²) in [7, 11) is 1.56. The van der Waals surface area contributed by atoms with Gasteiger partial charge in [0.25, 0.3) is 5.91 Å². The largest absolute Gasteiger partial charge is 0.399 e. The van der Waals surface area contributed by atoms with Crippen molar-refractivity contribution >= 4 is 23.2 Å². The molecule has 102 valence electrons. The van der Waals surface area contributed by atoms with Crippen molar-refractivity contribution in [2.45, 2.75) is 6.42 Å². The van der Waals surface area contributed by atoms with Crippen LogP contribution in [-0.4, -0.2) is 37.6 Å². The lowest BCUT2D eigenvalue weighted by Gasteiger charge is -2.22. The van der Waals surface area contributed by atoms with E-state index < -0.39 is 0 Å². The zero-order valence-corrected chi connectivity index (χ0v) is 11.5. The smallest absolute Gasteiger partial charge is 0.255 e. The average Bonchev–Trinajstić information content (AvgIpc) is 2.41. The molecule has 0 aromatic heterocycles. The quantitative estimate of drug-likeness (QED) is 0.808. The van der Waals surface area contributed by atoms with Crippen LogP contribution in [0.3, 0.4) is 0 Å². The monoisotopic (exact) mass is 281 g/mol. The minimum Gasteiger partial charge on any atom is -0.399 e. The predicted molar refractivity (Wildman–Crippen MR) is 73.9 cm³/mol. The standard InChI is InChI=1S/C13H16ClN3O2/c1-19-8-7-17(6-2-5-15)13(18)11-9-10(16)3-4-12(11)14/h3-4,9H,2,6-8,16H2,1H3. The lowest BCUT2D eigenvalue weighted by Crippen LogP contribution is -2.34. The van der Waals surface area contributed by atoms with Crippen LogP contribution in [0.15, 0.2) is 18.2 Å². The molecule has 5 nitrogen and oxygen atoms in total. The predicted octanol–water partition coefficient (Wildman–Crippen LogP) is 1.92. The molecule has 1 amide bonds. The number of anilines is 1. The number of nitriles is 1. The van der Waals surface area contributed by atoms with E-state index in [1.54, 1.807) is 19.2 Å². The Morgan fingerprint density at radius 1 is 1.53 bits per heavy atom. The summed E-state index contributed by atoms with van der Waals surface area (Å²) >= 11 is 6.00. The Morgan fingerprint density at radius 2 is 2.26 bits per heavy atom. The van der Waals surface area contributed by atoms with E-state index in [0.717, 1.165) is 0 Å². The van der Waals surface area contributed by atoms with Crippen LogP contribution in [0.1, 0.15) is 16.8 Å². The summed E-state index contributed by atoms with van der Waals surface area (Å²) in [4.78, 5) is 13.9.